The maximum absolute atomic E-state index is 13.3. The van der Waals surface area contributed by atoms with E-state index in [-0.39, 0.29) is 11.7 Å². The average molecular weight is 391 g/mol. The van der Waals surface area contributed by atoms with Crippen LogP contribution in [0.25, 0.3) is 0 Å². The monoisotopic (exact) mass is 391 g/mol. The second kappa shape index (κ2) is 7.86. The summed E-state index contributed by atoms with van der Waals surface area (Å²) in [6.45, 7) is 0.431. The lowest BCUT2D eigenvalue weighted by Gasteiger charge is -2.23. The molecule has 28 heavy (non-hydrogen) atoms. The van der Waals surface area contributed by atoms with Gasteiger partial charge >= 0.3 is 0 Å². The maximum Gasteiger partial charge on any atom is 0.256 e. The Labute approximate surface area is 168 Å². The van der Waals surface area contributed by atoms with Gasteiger partial charge in [-0.15, -0.1) is 0 Å². The van der Waals surface area contributed by atoms with E-state index in [0.29, 0.717) is 23.8 Å². The summed E-state index contributed by atoms with van der Waals surface area (Å²) < 4.78 is 13.3. The molecule has 0 aliphatic carbocycles. The first-order valence-corrected chi connectivity index (χ1v) is 9.38. The van der Waals surface area contributed by atoms with Gasteiger partial charge in [-0.05, 0) is 54.2 Å². The fraction of sp³-hybridized carbons (Fsp3) is 0.136. The standard InChI is InChI=1S/C22H18FN3OS/c23-17-9-11-19(12-10-17)26-21(27)20(14-16-6-2-1-3-7-16)25(22(26)28)15-18-8-4-5-13-24-18/h1-13,20H,14-15H2/t20-/m0/s1. The molecule has 6 heteroatoms. The Bertz CT molecular complexity index is 920. The molecule has 4 nitrogen and oxygen atoms in total. The molecule has 1 aromatic heterocycles. The van der Waals surface area contributed by atoms with E-state index in [1.165, 1.54) is 17.0 Å². The van der Waals surface area contributed by atoms with Gasteiger partial charge in [0.1, 0.15) is 11.9 Å². The number of carbonyl (C=O) groups is 1. The number of hydrogen-bond acceptors (Lipinski definition) is 3. The number of hydrogen-bond donors (Lipinski definition) is 0. The van der Waals surface area contributed by atoms with Crippen LogP contribution in [0.2, 0.25) is 0 Å². The lowest BCUT2D eigenvalue weighted by atomic mass is 10.0. The van der Waals surface area contributed by atoms with Crippen molar-refractivity contribution in [2.45, 2.75) is 19.0 Å². The van der Waals surface area contributed by atoms with Crippen molar-refractivity contribution < 1.29 is 9.18 Å². The van der Waals surface area contributed by atoms with E-state index >= 15 is 0 Å². The van der Waals surface area contributed by atoms with Crippen LogP contribution in [0.15, 0.2) is 79.0 Å². The first-order chi connectivity index (χ1) is 13.6. The summed E-state index contributed by atoms with van der Waals surface area (Å²) in [5, 5.41) is 0.406. The molecule has 3 aromatic rings. The Kier molecular flexibility index (Phi) is 5.12. The summed E-state index contributed by atoms with van der Waals surface area (Å²) in [7, 11) is 0. The summed E-state index contributed by atoms with van der Waals surface area (Å²) >= 11 is 5.66. The second-order valence-corrected chi connectivity index (χ2v) is 6.95. The zero-order valence-corrected chi connectivity index (χ0v) is 15.8. The summed E-state index contributed by atoms with van der Waals surface area (Å²) in [6.07, 6.45) is 2.25. The van der Waals surface area contributed by atoms with Gasteiger partial charge in [-0.2, -0.15) is 0 Å². The normalized spacial score (nSPS) is 16.7. The topological polar surface area (TPSA) is 36.4 Å². The van der Waals surface area contributed by atoms with E-state index in [2.05, 4.69) is 4.98 Å². The summed E-state index contributed by atoms with van der Waals surface area (Å²) in [6, 6.07) is 20.9. The van der Waals surface area contributed by atoms with Crippen LogP contribution in [0.4, 0.5) is 10.1 Å². The number of amides is 1. The van der Waals surface area contributed by atoms with Crippen LogP contribution in [-0.4, -0.2) is 26.9 Å². The molecule has 0 bridgehead atoms. The van der Waals surface area contributed by atoms with Gasteiger partial charge in [0.25, 0.3) is 5.91 Å². The quantitative estimate of drug-likeness (QED) is 0.617. The number of carbonyl (C=O) groups excluding carboxylic acids is 1. The average Bonchev–Trinajstić information content (AvgIpc) is 2.94. The highest BCUT2D eigenvalue weighted by Crippen LogP contribution is 2.28. The number of nitrogens with zero attached hydrogens (tertiary/aromatic N) is 3. The second-order valence-electron chi connectivity index (χ2n) is 6.59. The molecule has 0 radical (unpaired) electrons. The molecule has 2 aromatic carbocycles. The van der Waals surface area contributed by atoms with Gasteiger partial charge in [-0.3, -0.25) is 14.7 Å². The fourth-order valence-electron chi connectivity index (χ4n) is 3.35. The molecule has 140 valence electrons. The molecular weight excluding hydrogens is 373 g/mol. The van der Waals surface area contributed by atoms with E-state index in [0.717, 1.165) is 11.3 Å². The minimum Gasteiger partial charge on any atom is -0.330 e. The van der Waals surface area contributed by atoms with Gasteiger partial charge in [0, 0.05) is 12.6 Å². The molecule has 2 heterocycles. The molecular formula is C22H18FN3OS. The minimum absolute atomic E-state index is 0.114. The van der Waals surface area contributed by atoms with Gasteiger partial charge in [-0.25, -0.2) is 4.39 Å². The third-order valence-corrected chi connectivity index (χ3v) is 5.15. The summed E-state index contributed by atoms with van der Waals surface area (Å²) in [5.41, 5.74) is 2.45. The predicted octanol–water partition coefficient (Wildman–Crippen LogP) is 3.97. The molecule has 0 unspecified atom stereocenters. The highest BCUT2D eigenvalue weighted by Gasteiger charge is 2.43. The smallest absolute Gasteiger partial charge is 0.256 e. The third kappa shape index (κ3) is 3.64. The Balaban J connectivity index is 1.68. The zero-order valence-electron chi connectivity index (χ0n) is 15.0. The van der Waals surface area contributed by atoms with Gasteiger partial charge < -0.3 is 4.90 Å². The van der Waals surface area contributed by atoms with Crippen molar-refractivity contribution in [3.63, 3.8) is 0 Å². The maximum atomic E-state index is 13.3. The lowest BCUT2D eigenvalue weighted by molar-refractivity contribution is -0.119. The molecule has 1 saturated heterocycles. The van der Waals surface area contributed by atoms with Crippen LogP contribution in [0.5, 0.6) is 0 Å². The van der Waals surface area contributed by atoms with Gasteiger partial charge in [0.15, 0.2) is 5.11 Å². The summed E-state index contributed by atoms with van der Waals surface area (Å²) in [5.74, 6) is -0.469. The third-order valence-electron chi connectivity index (χ3n) is 4.73. The van der Waals surface area contributed by atoms with Crippen LogP contribution in [-0.2, 0) is 17.8 Å². The highest BCUT2D eigenvalue weighted by molar-refractivity contribution is 7.80. The van der Waals surface area contributed by atoms with E-state index in [4.69, 9.17) is 12.2 Å². The number of halogens is 1. The molecule has 1 atom stereocenters. The number of aromatic nitrogens is 1. The Hall–Kier alpha value is -3.12. The first-order valence-electron chi connectivity index (χ1n) is 8.97. The van der Waals surface area contributed by atoms with Crippen molar-refractivity contribution in [2.75, 3.05) is 4.90 Å². The number of rotatable bonds is 5. The first kappa shape index (κ1) is 18.3. The van der Waals surface area contributed by atoms with Gasteiger partial charge in [0.05, 0.1) is 17.9 Å². The van der Waals surface area contributed by atoms with Crippen LogP contribution in [0, 0.1) is 5.82 Å². The van der Waals surface area contributed by atoms with Crippen LogP contribution in [0.3, 0.4) is 0 Å². The molecule has 1 aliphatic heterocycles. The SMILES string of the molecule is O=C1[C@H](Cc2ccccc2)N(Cc2ccccn2)C(=S)N1c1ccc(F)cc1. The molecule has 4 rings (SSSR count). The van der Waals surface area contributed by atoms with Crippen molar-refractivity contribution in [1.29, 1.82) is 0 Å². The highest BCUT2D eigenvalue weighted by atomic mass is 32.1. The number of benzene rings is 2. The van der Waals surface area contributed by atoms with Crippen LogP contribution in [0.1, 0.15) is 11.3 Å². The molecule has 1 aliphatic rings. The van der Waals surface area contributed by atoms with Crippen molar-refractivity contribution >= 4 is 28.9 Å². The van der Waals surface area contributed by atoms with Gasteiger partial charge in [-0.1, -0.05) is 36.4 Å². The summed E-state index contributed by atoms with van der Waals surface area (Å²) in [4.78, 5) is 21.1. The van der Waals surface area contributed by atoms with Crippen LogP contribution >= 0.6 is 12.2 Å². The van der Waals surface area contributed by atoms with Crippen molar-refractivity contribution in [1.82, 2.24) is 9.88 Å². The van der Waals surface area contributed by atoms with Crippen LogP contribution < -0.4 is 4.90 Å². The van der Waals surface area contributed by atoms with Gasteiger partial charge in [0.2, 0.25) is 0 Å². The Morgan fingerprint density at radius 2 is 1.68 bits per heavy atom. The molecule has 0 spiro atoms. The van der Waals surface area contributed by atoms with E-state index < -0.39 is 6.04 Å². The lowest BCUT2D eigenvalue weighted by Crippen LogP contribution is -2.36. The number of thiocarbonyl (C=S) groups is 1. The molecule has 0 saturated carbocycles. The van der Waals surface area contributed by atoms with E-state index in [1.54, 1.807) is 18.3 Å². The van der Waals surface area contributed by atoms with Crippen molar-refractivity contribution in [2.24, 2.45) is 0 Å². The molecule has 1 amide bonds. The molecule has 0 N–H and O–H groups in total. The van der Waals surface area contributed by atoms with E-state index in [9.17, 15) is 9.18 Å². The number of anilines is 1. The minimum atomic E-state index is -0.443. The molecule has 1 fully saturated rings. The fourth-order valence-corrected chi connectivity index (χ4v) is 3.73. The van der Waals surface area contributed by atoms with Crippen molar-refractivity contribution in [3.8, 4) is 0 Å². The Morgan fingerprint density at radius 1 is 0.964 bits per heavy atom. The predicted molar refractivity (Wildman–Crippen MR) is 110 cm³/mol. The van der Waals surface area contributed by atoms with Crippen molar-refractivity contribution in [3.05, 3.63) is 96.1 Å². The van der Waals surface area contributed by atoms with E-state index in [1.807, 2.05) is 53.4 Å². The largest absolute Gasteiger partial charge is 0.330 e. The number of pyridine rings is 1. The zero-order chi connectivity index (χ0) is 19.5. The Morgan fingerprint density at radius 3 is 2.36 bits per heavy atom.